The van der Waals surface area contributed by atoms with Crippen molar-refractivity contribution in [1.29, 1.82) is 0 Å². The molecule has 1 fully saturated rings. The van der Waals surface area contributed by atoms with E-state index in [1.165, 1.54) is 36.7 Å². The maximum absolute atomic E-state index is 13.5. The number of carbonyl (C=O) groups excluding carboxylic acids is 1. The van der Waals surface area contributed by atoms with E-state index in [0.29, 0.717) is 21.8 Å². The second-order valence-electron chi connectivity index (χ2n) is 7.31. The van der Waals surface area contributed by atoms with Crippen LogP contribution in [0, 0.1) is 0 Å². The zero-order chi connectivity index (χ0) is 21.5. The van der Waals surface area contributed by atoms with Gasteiger partial charge in [-0.05, 0) is 54.7 Å². The Kier molecular flexibility index (Phi) is 5.36. The zero-order valence-electron chi connectivity index (χ0n) is 16.0. The number of benzene rings is 2. The Labute approximate surface area is 173 Å². The van der Waals surface area contributed by atoms with Gasteiger partial charge in [0.25, 0.3) is 0 Å². The summed E-state index contributed by atoms with van der Waals surface area (Å²) >= 11 is 0. The number of hydrogen-bond acceptors (Lipinski definition) is 4. The molecule has 2 aromatic carbocycles. The van der Waals surface area contributed by atoms with Crippen molar-refractivity contribution in [3.8, 4) is 0 Å². The highest BCUT2D eigenvalue weighted by Gasteiger charge is 2.35. The molecule has 0 N–H and O–H groups in total. The Morgan fingerprint density at radius 3 is 2.53 bits per heavy atom. The lowest BCUT2D eigenvalue weighted by Crippen LogP contribution is -2.12. The molecule has 4 nitrogen and oxygen atoms in total. The molecule has 1 unspecified atom stereocenters. The number of carbonyl (C=O) groups is 1. The molecule has 0 radical (unpaired) electrons. The Morgan fingerprint density at radius 2 is 1.87 bits per heavy atom. The van der Waals surface area contributed by atoms with Crippen LogP contribution < -0.4 is 0 Å². The highest BCUT2D eigenvalue weighted by atomic mass is 32.2. The molecule has 1 aliphatic rings. The van der Waals surface area contributed by atoms with Crippen LogP contribution >= 0.6 is 0 Å². The van der Waals surface area contributed by atoms with Crippen molar-refractivity contribution in [3.05, 3.63) is 82.2 Å². The van der Waals surface area contributed by atoms with Gasteiger partial charge in [0, 0.05) is 33.4 Å². The van der Waals surface area contributed by atoms with E-state index in [1.807, 2.05) is 0 Å². The third-order valence-corrected chi connectivity index (χ3v) is 6.07. The van der Waals surface area contributed by atoms with Crippen LogP contribution in [0.25, 0.3) is 0 Å². The SMILES string of the molecule is CS(=O)c1ccc(C(=O)c2cnoc2C2CC2)c(Cc2ccccc2C(F)(F)F)c1. The molecular formula is C22H18F3NO3S. The van der Waals surface area contributed by atoms with Gasteiger partial charge in [-0.2, -0.15) is 13.2 Å². The first-order valence-corrected chi connectivity index (χ1v) is 10.9. The van der Waals surface area contributed by atoms with Crippen molar-refractivity contribution in [3.63, 3.8) is 0 Å². The fourth-order valence-corrected chi connectivity index (χ4v) is 4.04. The molecule has 1 aromatic heterocycles. The average molecular weight is 433 g/mol. The highest BCUT2D eigenvalue weighted by molar-refractivity contribution is 7.84. The quantitative estimate of drug-likeness (QED) is 0.506. The van der Waals surface area contributed by atoms with Gasteiger partial charge >= 0.3 is 6.18 Å². The van der Waals surface area contributed by atoms with E-state index in [9.17, 15) is 22.2 Å². The van der Waals surface area contributed by atoms with Gasteiger partial charge in [-0.3, -0.25) is 9.00 Å². The lowest BCUT2D eigenvalue weighted by Gasteiger charge is -2.15. The Hall–Kier alpha value is -2.74. The van der Waals surface area contributed by atoms with Crippen molar-refractivity contribution < 1.29 is 26.7 Å². The lowest BCUT2D eigenvalue weighted by atomic mass is 9.92. The minimum Gasteiger partial charge on any atom is -0.360 e. The number of rotatable bonds is 6. The molecule has 3 aromatic rings. The maximum Gasteiger partial charge on any atom is 0.416 e. The molecule has 4 rings (SSSR count). The van der Waals surface area contributed by atoms with Gasteiger partial charge in [0.2, 0.25) is 0 Å². The third kappa shape index (κ3) is 4.09. The standard InChI is InChI=1S/C22H18F3NO3S/c1-30(28)16-8-9-17(20(27)18-12-26-29-21(18)13-6-7-13)15(11-16)10-14-4-2-3-5-19(14)22(23,24)25/h2-5,8-9,11-13H,6-7,10H2,1H3. The summed E-state index contributed by atoms with van der Waals surface area (Å²) in [6.07, 6.45) is 0.0280. The molecular weight excluding hydrogens is 415 g/mol. The van der Waals surface area contributed by atoms with E-state index in [1.54, 1.807) is 12.1 Å². The summed E-state index contributed by atoms with van der Waals surface area (Å²) in [5.41, 5.74) is 0.257. The van der Waals surface area contributed by atoms with E-state index >= 15 is 0 Å². The molecule has 1 saturated carbocycles. The molecule has 0 aliphatic heterocycles. The van der Waals surface area contributed by atoms with Crippen LogP contribution in [-0.2, 0) is 23.4 Å². The van der Waals surface area contributed by atoms with E-state index in [-0.39, 0.29) is 29.2 Å². The summed E-state index contributed by atoms with van der Waals surface area (Å²) in [5, 5.41) is 3.74. The molecule has 8 heteroatoms. The van der Waals surface area contributed by atoms with Gasteiger partial charge in [0.15, 0.2) is 11.5 Å². The normalized spacial score (nSPS) is 15.2. The molecule has 0 saturated heterocycles. The van der Waals surface area contributed by atoms with E-state index in [2.05, 4.69) is 5.16 Å². The van der Waals surface area contributed by atoms with E-state index < -0.39 is 22.5 Å². The summed E-state index contributed by atoms with van der Waals surface area (Å²) in [4.78, 5) is 13.7. The molecule has 1 heterocycles. The number of halogens is 3. The monoisotopic (exact) mass is 433 g/mol. The van der Waals surface area contributed by atoms with Crippen molar-refractivity contribution in [2.75, 3.05) is 6.26 Å². The van der Waals surface area contributed by atoms with Gasteiger partial charge < -0.3 is 4.52 Å². The lowest BCUT2D eigenvalue weighted by molar-refractivity contribution is -0.138. The van der Waals surface area contributed by atoms with E-state index in [4.69, 9.17) is 4.52 Å². The van der Waals surface area contributed by atoms with Gasteiger partial charge in [0.1, 0.15) is 0 Å². The predicted molar refractivity (Wildman–Crippen MR) is 105 cm³/mol. The topological polar surface area (TPSA) is 60.2 Å². The molecule has 0 amide bonds. The van der Waals surface area contributed by atoms with E-state index in [0.717, 1.165) is 18.9 Å². The van der Waals surface area contributed by atoms with Crippen LogP contribution in [0.1, 0.15) is 57.1 Å². The van der Waals surface area contributed by atoms with Gasteiger partial charge in [-0.1, -0.05) is 23.4 Å². The minimum absolute atomic E-state index is 0.0471. The minimum atomic E-state index is -4.51. The van der Waals surface area contributed by atoms with Crippen LogP contribution in [-0.4, -0.2) is 21.4 Å². The number of hydrogen-bond donors (Lipinski definition) is 0. The molecule has 156 valence electrons. The van der Waals surface area contributed by atoms with Crippen LogP contribution in [0.3, 0.4) is 0 Å². The first-order chi connectivity index (χ1) is 14.3. The van der Waals surface area contributed by atoms with Crippen molar-refractivity contribution in [2.24, 2.45) is 0 Å². The largest absolute Gasteiger partial charge is 0.416 e. The van der Waals surface area contributed by atoms with Gasteiger partial charge in [-0.15, -0.1) is 0 Å². The fraction of sp³-hybridized carbons (Fsp3) is 0.273. The second-order valence-corrected chi connectivity index (χ2v) is 8.69. The van der Waals surface area contributed by atoms with Crippen LogP contribution in [0.15, 0.2) is 58.1 Å². The summed E-state index contributed by atoms with van der Waals surface area (Å²) < 4.78 is 57.6. The molecule has 30 heavy (non-hydrogen) atoms. The first-order valence-electron chi connectivity index (χ1n) is 9.36. The summed E-state index contributed by atoms with van der Waals surface area (Å²) in [6, 6.07) is 9.89. The molecule has 1 aliphatic carbocycles. The van der Waals surface area contributed by atoms with Crippen molar-refractivity contribution in [1.82, 2.24) is 5.16 Å². The first kappa shape index (κ1) is 20.5. The average Bonchev–Trinajstić information content (AvgIpc) is 3.43. The van der Waals surface area contributed by atoms with Crippen molar-refractivity contribution in [2.45, 2.75) is 36.3 Å². The van der Waals surface area contributed by atoms with Crippen molar-refractivity contribution >= 4 is 16.6 Å². The Balaban J connectivity index is 1.79. The summed E-state index contributed by atoms with van der Waals surface area (Å²) in [6.45, 7) is 0. The molecule has 1 atom stereocenters. The maximum atomic E-state index is 13.5. The number of ketones is 1. The summed E-state index contributed by atoms with van der Waals surface area (Å²) in [7, 11) is -1.34. The van der Waals surface area contributed by atoms with Crippen LogP contribution in [0.4, 0.5) is 13.2 Å². The van der Waals surface area contributed by atoms with Gasteiger partial charge in [0.05, 0.1) is 17.3 Å². The third-order valence-electron chi connectivity index (χ3n) is 5.15. The highest BCUT2D eigenvalue weighted by Crippen LogP contribution is 2.42. The smallest absolute Gasteiger partial charge is 0.360 e. The number of nitrogens with zero attached hydrogens (tertiary/aromatic N) is 1. The fourth-order valence-electron chi connectivity index (χ4n) is 3.48. The van der Waals surface area contributed by atoms with Crippen LogP contribution in [0.2, 0.25) is 0 Å². The number of alkyl halides is 3. The Morgan fingerprint density at radius 1 is 1.13 bits per heavy atom. The molecule has 0 spiro atoms. The zero-order valence-corrected chi connectivity index (χ0v) is 16.8. The Bertz CT molecular complexity index is 1130. The number of aromatic nitrogens is 1. The predicted octanol–water partition coefficient (Wildman–Crippen LogP) is 5.13. The second kappa shape index (κ2) is 7.83. The summed E-state index contributed by atoms with van der Waals surface area (Å²) in [5.74, 6) is 0.319. The van der Waals surface area contributed by atoms with Crippen LogP contribution in [0.5, 0.6) is 0 Å². The van der Waals surface area contributed by atoms with Gasteiger partial charge in [-0.25, -0.2) is 0 Å². The molecule has 0 bridgehead atoms.